The molecule has 0 spiro atoms. The zero-order chi connectivity index (χ0) is 30.9. The molecule has 10 aromatic rings. The van der Waals surface area contributed by atoms with Crippen LogP contribution < -0.4 is 0 Å². The molecule has 218 valence electrons. The van der Waals surface area contributed by atoms with E-state index in [-0.39, 0.29) is 0 Å². The molecule has 10 rings (SSSR count). The summed E-state index contributed by atoms with van der Waals surface area (Å²) in [6, 6.07) is 48.0. The van der Waals surface area contributed by atoms with Crippen molar-refractivity contribution in [1.82, 2.24) is 19.9 Å². The molecule has 5 heteroatoms. The Morgan fingerprint density at radius 3 is 1.98 bits per heavy atom. The van der Waals surface area contributed by atoms with Gasteiger partial charge in [0.25, 0.3) is 0 Å². The Hall–Kier alpha value is -6.46. The lowest BCUT2D eigenvalue weighted by molar-refractivity contribution is 0.669. The van der Waals surface area contributed by atoms with E-state index in [1.165, 1.54) is 16.2 Å². The number of nitrogens with zero attached hydrogens (tertiary/aromatic N) is 4. The number of pyridine rings is 1. The van der Waals surface area contributed by atoms with Crippen molar-refractivity contribution in [1.29, 1.82) is 0 Å². The van der Waals surface area contributed by atoms with Gasteiger partial charge in [0.15, 0.2) is 17.5 Å². The SMILES string of the molecule is c1ccc(-c2nc(-c3cc4ccc5ccccc5c4c4cccnc34)nc(-c3cccc4oc5cc6ccccc6cc5c34)n2)cc1. The molecule has 5 nitrogen and oxygen atoms in total. The summed E-state index contributed by atoms with van der Waals surface area (Å²) >= 11 is 0. The fraction of sp³-hybridized carbons (Fsp3) is 0. The van der Waals surface area contributed by atoms with Crippen LogP contribution in [0, 0.1) is 0 Å². The Labute approximate surface area is 268 Å². The van der Waals surface area contributed by atoms with E-state index in [0.717, 1.165) is 65.7 Å². The van der Waals surface area contributed by atoms with E-state index in [1.54, 1.807) is 0 Å². The second kappa shape index (κ2) is 10.0. The van der Waals surface area contributed by atoms with E-state index in [2.05, 4.69) is 84.9 Å². The first-order valence-electron chi connectivity index (χ1n) is 15.6. The molecule has 0 radical (unpaired) electrons. The van der Waals surface area contributed by atoms with Gasteiger partial charge in [-0.1, -0.05) is 109 Å². The van der Waals surface area contributed by atoms with E-state index < -0.39 is 0 Å². The average molecular weight is 601 g/mol. The molecule has 7 aromatic carbocycles. The summed E-state index contributed by atoms with van der Waals surface area (Å²) in [6.45, 7) is 0. The van der Waals surface area contributed by atoms with Gasteiger partial charge in [0, 0.05) is 39.0 Å². The van der Waals surface area contributed by atoms with E-state index in [1.807, 2.05) is 60.8 Å². The van der Waals surface area contributed by atoms with E-state index in [0.29, 0.717) is 17.5 Å². The molecule has 0 saturated heterocycles. The first kappa shape index (κ1) is 25.8. The molecule has 0 aliphatic carbocycles. The van der Waals surface area contributed by atoms with Crippen LogP contribution in [-0.2, 0) is 0 Å². The van der Waals surface area contributed by atoms with Gasteiger partial charge in [-0.15, -0.1) is 0 Å². The number of hydrogen-bond donors (Lipinski definition) is 0. The molecule has 0 aliphatic rings. The van der Waals surface area contributed by atoms with Crippen LogP contribution in [0.15, 0.2) is 150 Å². The largest absolute Gasteiger partial charge is 0.456 e. The summed E-state index contributed by atoms with van der Waals surface area (Å²) in [5.41, 5.74) is 5.14. The maximum absolute atomic E-state index is 6.41. The first-order valence-corrected chi connectivity index (χ1v) is 15.6. The minimum Gasteiger partial charge on any atom is -0.456 e. The Bertz CT molecular complexity index is 2860. The number of furan rings is 1. The first-order chi connectivity index (χ1) is 23.3. The average Bonchev–Trinajstić information content (AvgIpc) is 3.51. The zero-order valence-electron chi connectivity index (χ0n) is 25.1. The maximum atomic E-state index is 6.41. The lowest BCUT2D eigenvalue weighted by Gasteiger charge is -2.13. The zero-order valence-corrected chi connectivity index (χ0v) is 25.1. The lowest BCUT2D eigenvalue weighted by Crippen LogP contribution is -2.01. The quantitative estimate of drug-likeness (QED) is 0.189. The fourth-order valence-electron chi connectivity index (χ4n) is 6.96. The van der Waals surface area contributed by atoms with Gasteiger partial charge in [-0.05, 0) is 62.6 Å². The fourth-order valence-corrected chi connectivity index (χ4v) is 6.96. The molecule has 0 bridgehead atoms. The summed E-state index contributed by atoms with van der Waals surface area (Å²) in [6.07, 6.45) is 1.84. The minimum atomic E-state index is 0.572. The summed E-state index contributed by atoms with van der Waals surface area (Å²) in [5, 5.41) is 10.0. The Kier molecular flexibility index (Phi) is 5.51. The van der Waals surface area contributed by atoms with Crippen molar-refractivity contribution >= 4 is 65.2 Å². The van der Waals surface area contributed by atoms with Gasteiger partial charge < -0.3 is 4.42 Å². The van der Waals surface area contributed by atoms with Crippen molar-refractivity contribution in [2.24, 2.45) is 0 Å². The highest BCUT2D eigenvalue weighted by Gasteiger charge is 2.20. The molecule has 0 N–H and O–H groups in total. The van der Waals surface area contributed by atoms with Crippen molar-refractivity contribution in [3.63, 3.8) is 0 Å². The van der Waals surface area contributed by atoms with Gasteiger partial charge in [-0.25, -0.2) is 15.0 Å². The van der Waals surface area contributed by atoms with Gasteiger partial charge in [-0.2, -0.15) is 0 Å². The minimum absolute atomic E-state index is 0.572. The Balaban J connectivity index is 1.29. The van der Waals surface area contributed by atoms with Crippen LogP contribution >= 0.6 is 0 Å². The summed E-state index contributed by atoms with van der Waals surface area (Å²) in [7, 11) is 0. The van der Waals surface area contributed by atoms with E-state index >= 15 is 0 Å². The Morgan fingerprint density at radius 1 is 0.404 bits per heavy atom. The summed E-state index contributed by atoms with van der Waals surface area (Å²) < 4.78 is 6.41. The number of benzene rings is 7. The molecule has 0 fully saturated rings. The van der Waals surface area contributed by atoms with E-state index in [9.17, 15) is 0 Å². The molecule has 3 aromatic heterocycles. The third-order valence-electron chi connectivity index (χ3n) is 9.11. The second-order valence-electron chi connectivity index (χ2n) is 11.9. The number of hydrogen-bond acceptors (Lipinski definition) is 5. The van der Waals surface area contributed by atoms with Crippen molar-refractivity contribution < 1.29 is 4.42 Å². The van der Waals surface area contributed by atoms with Crippen LogP contribution in [0.3, 0.4) is 0 Å². The molecule has 0 aliphatic heterocycles. The highest BCUT2D eigenvalue weighted by atomic mass is 16.3. The number of rotatable bonds is 3. The van der Waals surface area contributed by atoms with Crippen LogP contribution in [0.1, 0.15) is 0 Å². The molecule has 0 unspecified atom stereocenters. The monoisotopic (exact) mass is 600 g/mol. The predicted octanol–water partition coefficient (Wildman–Crippen LogP) is 10.8. The highest BCUT2D eigenvalue weighted by Crippen LogP contribution is 2.40. The lowest BCUT2D eigenvalue weighted by atomic mass is 9.95. The maximum Gasteiger partial charge on any atom is 0.166 e. The molecular formula is C42H24N4O. The van der Waals surface area contributed by atoms with Crippen LogP contribution in [0.5, 0.6) is 0 Å². The van der Waals surface area contributed by atoms with Gasteiger partial charge in [0.2, 0.25) is 0 Å². The molecule has 47 heavy (non-hydrogen) atoms. The van der Waals surface area contributed by atoms with Crippen LogP contribution in [0.25, 0.3) is 99.3 Å². The van der Waals surface area contributed by atoms with Gasteiger partial charge in [0.05, 0.1) is 5.52 Å². The third kappa shape index (κ3) is 4.03. The highest BCUT2D eigenvalue weighted by molar-refractivity contribution is 6.22. The molecule has 0 atom stereocenters. The molecule has 3 heterocycles. The summed E-state index contributed by atoms with van der Waals surface area (Å²) in [5.74, 6) is 1.75. The van der Waals surface area contributed by atoms with Gasteiger partial charge >= 0.3 is 0 Å². The Morgan fingerprint density at radius 2 is 1.11 bits per heavy atom. The van der Waals surface area contributed by atoms with Gasteiger partial charge in [-0.3, -0.25) is 4.98 Å². The van der Waals surface area contributed by atoms with Crippen molar-refractivity contribution in [2.75, 3.05) is 0 Å². The number of aromatic nitrogens is 4. The van der Waals surface area contributed by atoms with Gasteiger partial charge in [0.1, 0.15) is 11.2 Å². The predicted molar refractivity (Wildman–Crippen MR) is 191 cm³/mol. The molecule has 0 saturated carbocycles. The third-order valence-corrected chi connectivity index (χ3v) is 9.11. The topological polar surface area (TPSA) is 64.7 Å². The van der Waals surface area contributed by atoms with Crippen LogP contribution in [0.2, 0.25) is 0 Å². The van der Waals surface area contributed by atoms with Crippen molar-refractivity contribution in [2.45, 2.75) is 0 Å². The smallest absolute Gasteiger partial charge is 0.166 e. The molecule has 0 amide bonds. The summed E-state index contributed by atoms with van der Waals surface area (Å²) in [4.78, 5) is 20.3. The van der Waals surface area contributed by atoms with Crippen molar-refractivity contribution in [3.8, 4) is 34.2 Å². The standard InChI is InChI=1S/C42H24N4O/c1-2-11-26(12-3-1)40-44-41(32-16-8-18-35-38(32)33-22-27-13-4-5-14-28(27)24-36(33)47-35)46-42(45-40)34-23-29-20-19-25-10-6-7-15-30(25)37(29)31-17-9-21-43-39(31)34/h1-24H. The van der Waals surface area contributed by atoms with Crippen LogP contribution in [0.4, 0.5) is 0 Å². The second-order valence-corrected chi connectivity index (χ2v) is 11.9. The number of fused-ring (bicyclic) bond motifs is 9. The van der Waals surface area contributed by atoms with Crippen molar-refractivity contribution in [3.05, 3.63) is 146 Å². The van der Waals surface area contributed by atoms with E-state index in [4.69, 9.17) is 24.4 Å². The molecular weight excluding hydrogens is 576 g/mol. The van der Waals surface area contributed by atoms with Crippen LogP contribution in [-0.4, -0.2) is 19.9 Å². The normalized spacial score (nSPS) is 11.8.